The van der Waals surface area contributed by atoms with Crippen molar-refractivity contribution in [1.82, 2.24) is 9.97 Å². The number of methoxy groups -OCH3 is 1. The lowest BCUT2D eigenvalue weighted by molar-refractivity contribution is 0.415. The van der Waals surface area contributed by atoms with Crippen LogP contribution in [0.25, 0.3) is 11.4 Å². The molecular weight excluding hydrogens is 298 g/mol. The van der Waals surface area contributed by atoms with E-state index < -0.39 is 0 Å². The molecule has 0 unspecified atom stereocenters. The number of aromatic nitrogens is 2. The van der Waals surface area contributed by atoms with E-state index in [2.05, 4.69) is 28.3 Å². The van der Waals surface area contributed by atoms with E-state index >= 15 is 0 Å². The average Bonchev–Trinajstić information content (AvgIpc) is 2.96. The maximum atomic E-state index is 5.87. The highest BCUT2D eigenvalue weighted by Crippen LogP contribution is 2.26. The number of aryl methyl sites for hydroxylation is 1. The van der Waals surface area contributed by atoms with Gasteiger partial charge in [0.2, 0.25) is 0 Å². The molecule has 0 aliphatic rings. The largest absolute Gasteiger partial charge is 0.497 e. The highest BCUT2D eigenvalue weighted by Gasteiger charge is 2.06. The van der Waals surface area contributed by atoms with Crippen molar-refractivity contribution < 1.29 is 4.74 Å². The van der Waals surface area contributed by atoms with Crippen molar-refractivity contribution in [3.63, 3.8) is 0 Å². The summed E-state index contributed by atoms with van der Waals surface area (Å²) in [5.41, 5.74) is 4.19. The van der Waals surface area contributed by atoms with Gasteiger partial charge in [-0.15, -0.1) is 0 Å². The van der Waals surface area contributed by atoms with Crippen LogP contribution in [-0.2, 0) is 0 Å². The number of imidazole rings is 1. The third kappa shape index (κ3) is 3.07. The Hall–Kier alpha value is -2.46. The number of aromatic amines is 1. The minimum atomic E-state index is 0.535. The number of nitrogens with zero attached hydrogens (tertiary/aromatic N) is 1. The average molecular weight is 314 g/mol. The summed E-state index contributed by atoms with van der Waals surface area (Å²) >= 11 is 5.87. The van der Waals surface area contributed by atoms with Gasteiger partial charge in [0.15, 0.2) is 0 Å². The van der Waals surface area contributed by atoms with Gasteiger partial charge in [-0.3, -0.25) is 0 Å². The molecule has 0 radical (unpaired) electrons. The highest BCUT2D eigenvalue weighted by atomic mass is 35.5. The van der Waals surface area contributed by atoms with Crippen molar-refractivity contribution in [2.75, 3.05) is 12.4 Å². The standard InChI is InChI=1S/C17H16ClN3O/c1-11-9-12(17-19-10-16(18)21-17)3-8-15(11)20-13-4-6-14(22-2)7-5-13/h3-10,20H,1-2H3,(H,19,21). The lowest BCUT2D eigenvalue weighted by atomic mass is 10.1. The number of benzene rings is 2. The van der Waals surface area contributed by atoms with Crippen LogP contribution in [0.5, 0.6) is 5.75 Å². The van der Waals surface area contributed by atoms with E-state index in [1.807, 2.05) is 36.4 Å². The van der Waals surface area contributed by atoms with Crippen LogP contribution in [0, 0.1) is 6.92 Å². The van der Waals surface area contributed by atoms with Crippen LogP contribution in [0.3, 0.4) is 0 Å². The minimum Gasteiger partial charge on any atom is -0.497 e. The first-order valence-corrected chi connectivity index (χ1v) is 7.26. The van der Waals surface area contributed by atoms with Crippen LogP contribution < -0.4 is 10.1 Å². The van der Waals surface area contributed by atoms with E-state index in [0.29, 0.717) is 5.15 Å². The maximum Gasteiger partial charge on any atom is 0.138 e. The van der Waals surface area contributed by atoms with E-state index in [0.717, 1.165) is 34.1 Å². The molecule has 3 aromatic rings. The van der Waals surface area contributed by atoms with Gasteiger partial charge in [0.25, 0.3) is 0 Å². The fourth-order valence-corrected chi connectivity index (χ4v) is 2.36. The Labute approximate surface area is 134 Å². The van der Waals surface area contributed by atoms with Crippen LogP contribution in [0.4, 0.5) is 11.4 Å². The number of rotatable bonds is 4. The van der Waals surface area contributed by atoms with E-state index in [-0.39, 0.29) is 0 Å². The van der Waals surface area contributed by atoms with Gasteiger partial charge in [0, 0.05) is 16.9 Å². The molecule has 0 bridgehead atoms. The number of halogens is 1. The van der Waals surface area contributed by atoms with Crippen LogP contribution in [0.2, 0.25) is 5.15 Å². The van der Waals surface area contributed by atoms with Gasteiger partial charge in [0.05, 0.1) is 13.3 Å². The Morgan fingerprint density at radius 2 is 1.91 bits per heavy atom. The normalized spacial score (nSPS) is 10.5. The minimum absolute atomic E-state index is 0.535. The third-order valence-electron chi connectivity index (χ3n) is 3.41. The summed E-state index contributed by atoms with van der Waals surface area (Å²) in [6.45, 7) is 2.06. The lowest BCUT2D eigenvalue weighted by Crippen LogP contribution is -1.94. The molecule has 2 aromatic carbocycles. The zero-order chi connectivity index (χ0) is 15.5. The van der Waals surface area contributed by atoms with E-state index in [9.17, 15) is 0 Å². The smallest absolute Gasteiger partial charge is 0.138 e. The van der Waals surface area contributed by atoms with Crippen molar-refractivity contribution >= 4 is 23.0 Å². The predicted molar refractivity (Wildman–Crippen MR) is 90.0 cm³/mol. The molecule has 0 aliphatic heterocycles. The summed E-state index contributed by atoms with van der Waals surface area (Å²) in [6, 6.07) is 13.9. The first-order chi connectivity index (χ1) is 10.7. The van der Waals surface area contributed by atoms with Crippen molar-refractivity contribution in [2.45, 2.75) is 6.92 Å². The summed E-state index contributed by atoms with van der Waals surface area (Å²) in [7, 11) is 1.66. The van der Waals surface area contributed by atoms with E-state index in [1.54, 1.807) is 13.3 Å². The van der Waals surface area contributed by atoms with Gasteiger partial charge in [-0.25, -0.2) is 4.98 Å². The van der Waals surface area contributed by atoms with E-state index in [1.165, 1.54) is 0 Å². The van der Waals surface area contributed by atoms with Crippen molar-refractivity contribution in [3.8, 4) is 17.1 Å². The molecule has 2 N–H and O–H groups in total. The number of anilines is 2. The molecule has 0 saturated carbocycles. The first-order valence-electron chi connectivity index (χ1n) is 6.88. The second-order valence-electron chi connectivity index (χ2n) is 4.96. The van der Waals surface area contributed by atoms with E-state index in [4.69, 9.17) is 16.3 Å². The molecule has 0 aliphatic carbocycles. The third-order valence-corrected chi connectivity index (χ3v) is 3.61. The SMILES string of the molecule is COc1ccc(Nc2ccc(-c3ncc(Cl)[nH]3)cc2C)cc1. The Balaban J connectivity index is 1.82. The van der Waals surface area contributed by atoms with Crippen molar-refractivity contribution in [3.05, 3.63) is 59.4 Å². The number of ether oxygens (including phenoxy) is 1. The van der Waals surface area contributed by atoms with Gasteiger partial charge in [-0.1, -0.05) is 11.6 Å². The molecule has 0 saturated heterocycles. The fraction of sp³-hybridized carbons (Fsp3) is 0.118. The number of hydrogen-bond acceptors (Lipinski definition) is 3. The van der Waals surface area contributed by atoms with Crippen molar-refractivity contribution in [1.29, 1.82) is 0 Å². The van der Waals surface area contributed by atoms with Crippen LogP contribution in [0.15, 0.2) is 48.7 Å². The molecular formula is C17H16ClN3O. The Morgan fingerprint density at radius 1 is 1.14 bits per heavy atom. The number of hydrogen-bond donors (Lipinski definition) is 2. The molecule has 3 rings (SSSR count). The lowest BCUT2D eigenvalue weighted by Gasteiger charge is -2.11. The molecule has 0 amide bonds. The molecule has 22 heavy (non-hydrogen) atoms. The molecule has 0 fully saturated rings. The Bertz CT molecular complexity index is 781. The first kappa shape index (κ1) is 14.5. The molecule has 112 valence electrons. The van der Waals surface area contributed by atoms with Gasteiger partial charge < -0.3 is 15.0 Å². The fourth-order valence-electron chi connectivity index (χ4n) is 2.23. The van der Waals surface area contributed by atoms with Gasteiger partial charge in [0.1, 0.15) is 16.7 Å². The maximum absolute atomic E-state index is 5.87. The number of nitrogens with one attached hydrogen (secondary N) is 2. The summed E-state index contributed by atoms with van der Waals surface area (Å²) < 4.78 is 5.16. The molecule has 1 aromatic heterocycles. The summed E-state index contributed by atoms with van der Waals surface area (Å²) in [5.74, 6) is 1.61. The second-order valence-corrected chi connectivity index (χ2v) is 5.37. The zero-order valence-electron chi connectivity index (χ0n) is 12.4. The van der Waals surface area contributed by atoms with Crippen LogP contribution in [0.1, 0.15) is 5.56 Å². The monoisotopic (exact) mass is 313 g/mol. The predicted octanol–water partition coefficient (Wildman–Crippen LogP) is 4.79. The summed E-state index contributed by atoms with van der Waals surface area (Å²) in [5, 5.41) is 3.93. The van der Waals surface area contributed by atoms with Gasteiger partial charge in [-0.05, 0) is 55.0 Å². The van der Waals surface area contributed by atoms with Crippen molar-refractivity contribution in [2.24, 2.45) is 0 Å². The topological polar surface area (TPSA) is 49.9 Å². The Kier molecular flexibility index (Phi) is 4.02. The quantitative estimate of drug-likeness (QED) is 0.728. The molecule has 0 atom stereocenters. The summed E-state index contributed by atoms with van der Waals surface area (Å²) in [6.07, 6.45) is 1.61. The zero-order valence-corrected chi connectivity index (χ0v) is 13.1. The number of H-pyrrole nitrogens is 1. The van der Waals surface area contributed by atoms with Crippen LogP contribution >= 0.6 is 11.6 Å². The molecule has 4 nitrogen and oxygen atoms in total. The van der Waals surface area contributed by atoms with Gasteiger partial charge >= 0.3 is 0 Å². The second kappa shape index (κ2) is 6.12. The Morgan fingerprint density at radius 3 is 2.50 bits per heavy atom. The van der Waals surface area contributed by atoms with Gasteiger partial charge in [-0.2, -0.15) is 0 Å². The molecule has 1 heterocycles. The molecule has 5 heteroatoms. The highest BCUT2D eigenvalue weighted by molar-refractivity contribution is 6.29. The van der Waals surface area contributed by atoms with Crippen LogP contribution in [-0.4, -0.2) is 17.1 Å². The molecule has 0 spiro atoms. The summed E-state index contributed by atoms with van der Waals surface area (Å²) in [4.78, 5) is 7.26.